The molecule has 10 nitrogen and oxygen atoms in total. The summed E-state index contributed by atoms with van der Waals surface area (Å²) < 4.78 is 75.8. The molecule has 0 bridgehead atoms. The predicted molar refractivity (Wildman–Crippen MR) is 191 cm³/mol. The van der Waals surface area contributed by atoms with Gasteiger partial charge >= 0.3 is 6.18 Å². The fourth-order valence-corrected chi connectivity index (χ4v) is 8.92. The lowest BCUT2D eigenvalue weighted by atomic mass is 9.72. The first kappa shape index (κ1) is 34.3. The van der Waals surface area contributed by atoms with Crippen molar-refractivity contribution in [2.45, 2.75) is 63.1 Å². The number of nitrogens with zero attached hydrogens (tertiary/aromatic N) is 7. The second-order valence-corrected chi connectivity index (χ2v) is 15.7. The number of fused-ring (bicyclic) bond motifs is 2. The Morgan fingerprint density at radius 3 is 2.45 bits per heavy atom. The highest BCUT2D eigenvalue weighted by molar-refractivity contribution is 6.06. The Bertz CT molecular complexity index is 2110. The Kier molecular flexibility index (Phi) is 7.92. The van der Waals surface area contributed by atoms with Crippen LogP contribution in [0.3, 0.4) is 0 Å². The van der Waals surface area contributed by atoms with E-state index in [0.717, 1.165) is 53.3 Å². The van der Waals surface area contributed by atoms with Crippen molar-refractivity contribution in [3.63, 3.8) is 0 Å². The Morgan fingerprint density at radius 1 is 1.02 bits per heavy atom. The summed E-state index contributed by atoms with van der Waals surface area (Å²) in [5, 5.41) is 8.66. The van der Waals surface area contributed by atoms with Crippen molar-refractivity contribution in [1.82, 2.24) is 30.0 Å². The van der Waals surface area contributed by atoms with Gasteiger partial charge in [-0.05, 0) is 79.8 Å². The molecular formula is C38H41F5N8O2. The summed E-state index contributed by atoms with van der Waals surface area (Å²) >= 11 is 0. The number of aryl methyl sites for hydroxylation is 1. The van der Waals surface area contributed by atoms with E-state index in [-0.39, 0.29) is 42.1 Å². The summed E-state index contributed by atoms with van der Waals surface area (Å²) in [6, 6.07) is 5.79. The standard InChI is InChI=1S/C38H41F5N8O2/c1-3-29(52)51-17-36(18-51)9-12-48(13-10-36)34-26-14-25(23-5-6-23)31(30-22(2)4-7-28-27(30)15-44-47-28)33(53-21-38(41,42)43)32(26)45-35(46-34)49-11-8-24(16-49)50-19-37(39,40)20-50/h3-4,7,14-15,23-24H,1,5-6,8-13,16-21H2,2H3,(H,44,47)/t24-/m1/s1. The van der Waals surface area contributed by atoms with E-state index in [1.807, 2.05) is 24.0 Å². The maximum Gasteiger partial charge on any atom is 0.422 e. The fraction of sp³-hybridized carbons (Fsp3) is 0.526. The van der Waals surface area contributed by atoms with Gasteiger partial charge in [0.05, 0.1) is 24.8 Å². The second kappa shape index (κ2) is 12.3. The zero-order valence-corrected chi connectivity index (χ0v) is 29.5. The molecular weight excluding hydrogens is 695 g/mol. The van der Waals surface area contributed by atoms with Gasteiger partial charge in [-0.1, -0.05) is 12.6 Å². The van der Waals surface area contributed by atoms with Crippen LogP contribution in [0.15, 0.2) is 37.1 Å². The quantitative estimate of drug-likeness (QED) is 0.163. The van der Waals surface area contributed by atoms with Gasteiger partial charge in [-0.2, -0.15) is 23.3 Å². The minimum atomic E-state index is -4.61. The third-order valence-electron chi connectivity index (χ3n) is 11.9. The molecule has 5 aliphatic rings. The van der Waals surface area contributed by atoms with Gasteiger partial charge in [0.2, 0.25) is 11.9 Å². The van der Waals surface area contributed by atoms with E-state index in [1.54, 1.807) is 16.0 Å². The van der Waals surface area contributed by atoms with Gasteiger partial charge < -0.3 is 19.4 Å². The summed E-state index contributed by atoms with van der Waals surface area (Å²) in [5.41, 5.74) is 4.15. The Labute approximate surface area is 303 Å². The normalized spacial score (nSPS) is 22.8. The van der Waals surface area contributed by atoms with Gasteiger partial charge in [0.1, 0.15) is 11.3 Å². The first-order valence-corrected chi connectivity index (χ1v) is 18.3. The molecule has 1 N–H and O–H groups in total. The molecule has 1 spiro atoms. The molecule has 4 saturated heterocycles. The van der Waals surface area contributed by atoms with Gasteiger partial charge in [-0.15, -0.1) is 0 Å². The first-order valence-electron chi connectivity index (χ1n) is 18.3. The minimum absolute atomic E-state index is 0.00356. The monoisotopic (exact) mass is 736 g/mol. The van der Waals surface area contributed by atoms with Crippen LogP contribution in [0.5, 0.6) is 5.75 Å². The Balaban J connectivity index is 1.19. The number of nitrogens with one attached hydrogen (secondary N) is 1. The summed E-state index contributed by atoms with van der Waals surface area (Å²) in [5.74, 6) is -1.62. The van der Waals surface area contributed by atoms with Crippen LogP contribution in [-0.4, -0.2) is 113 Å². The number of alkyl halides is 5. The molecule has 2 aromatic heterocycles. The highest BCUT2D eigenvalue weighted by Crippen LogP contribution is 2.53. The highest BCUT2D eigenvalue weighted by atomic mass is 19.4. The van der Waals surface area contributed by atoms with Crippen molar-refractivity contribution in [2.24, 2.45) is 5.41 Å². The van der Waals surface area contributed by atoms with Crippen LogP contribution in [0.1, 0.15) is 49.1 Å². The topological polar surface area (TPSA) is 93.7 Å². The smallest absolute Gasteiger partial charge is 0.422 e. The largest absolute Gasteiger partial charge is 0.481 e. The van der Waals surface area contributed by atoms with Crippen molar-refractivity contribution in [2.75, 3.05) is 68.8 Å². The van der Waals surface area contributed by atoms with Crippen LogP contribution in [-0.2, 0) is 4.79 Å². The lowest BCUT2D eigenvalue weighted by Crippen LogP contribution is -2.61. The molecule has 15 heteroatoms. The van der Waals surface area contributed by atoms with Crippen LogP contribution < -0.4 is 14.5 Å². The maximum atomic E-state index is 14.1. The van der Waals surface area contributed by atoms with Crippen molar-refractivity contribution >= 4 is 39.5 Å². The van der Waals surface area contributed by atoms with Crippen molar-refractivity contribution in [1.29, 1.82) is 0 Å². The van der Waals surface area contributed by atoms with Crippen LogP contribution in [0, 0.1) is 12.3 Å². The number of benzene rings is 2. The summed E-state index contributed by atoms with van der Waals surface area (Å²) in [6.45, 7) is 7.02. The van der Waals surface area contributed by atoms with Gasteiger partial charge in [0.25, 0.3) is 5.92 Å². The number of amides is 1. The average Bonchev–Trinajstić information content (AvgIpc) is 3.63. The predicted octanol–water partition coefficient (Wildman–Crippen LogP) is 6.44. The summed E-state index contributed by atoms with van der Waals surface area (Å²) in [7, 11) is 0. The minimum Gasteiger partial charge on any atom is -0.481 e. The number of carbonyl (C=O) groups is 1. The number of ether oxygens (including phenoxy) is 1. The van der Waals surface area contributed by atoms with E-state index < -0.39 is 18.7 Å². The van der Waals surface area contributed by atoms with E-state index in [4.69, 9.17) is 14.7 Å². The Hall–Kier alpha value is -4.53. The van der Waals surface area contributed by atoms with Gasteiger partial charge in [0.15, 0.2) is 12.4 Å². The molecule has 1 aliphatic carbocycles. The summed E-state index contributed by atoms with van der Waals surface area (Å²) in [6.07, 6.45) is 2.48. The number of aromatic nitrogens is 4. The van der Waals surface area contributed by atoms with Crippen LogP contribution >= 0.6 is 0 Å². The molecule has 53 heavy (non-hydrogen) atoms. The van der Waals surface area contributed by atoms with Crippen LogP contribution in [0.25, 0.3) is 32.9 Å². The number of hydrogen-bond donors (Lipinski definition) is 1. The van der Waals surface area contributed by atoms with E-state index in [2.05, 4.69) is 27.7 Å². The number of piperidine rings is 1. The fourth-order valence-electron chi connectivity index (χ4n) is 8.92. The molecule has 280 valence electrons. The van der Waals surface area contributed by atoms with E-state index in [0.29, 0.717) is 73.9 Å². The number of H-pyrrole nitrogens is 1. The molecule has 5 fully saturated rings. The number of rotatable bonds is 8. The molecule has 0 unspecified atom stereocenters. The van der Waals surface area contributed by atoms with E-state index >= 15 is 0 Å². The molecule has 4 aliphatic heterocycles. The number of halogens is 5. The first-order chi connectivity index (χ1) is 25.3. The number of anilines is 2. The lowest BCUT2D eigenvalue weighted by molar-refractivity contribution is -0.153. The molecule has 4 aromatic rings. The summed E-state index contributed by atoms with van der Waals surface area (Å²) in [4.78, 5) is 30.1. The number of likely N-dealkylation sites (tertiary alicyclic amines) is 2. The zero-order valence-electron chi connectivity index (χ0n) is 29.5. The molecule has 1 atom stereocenters. The highest BCUT2D eigenvalue weighted by Gasteiger charge is 2.49. The maximum absolute atomic E-state index is 14.1. The molecule has 1 saturated carbocycles. The van der Waals surface area contributed by atoms with Gasteiger partial charge in [-0.25, -0.2) is 13.8 Å². The van der Waals surface area contributed by atoms with Gasteiger partial charge in [0, 0.05) is 67.1 Å². The average molecular weight is 737 g/mol. The third kappa shape index (κ3) is 6.14. The number of aromatic amines is 1. The van der Waals surface area contributed by atoms with Crippen molar-refractivity contribution in [3.8, 4) is 16.9 Å². The van der Waals surface area contributed by atoms with Crippen molar-refractivity contribution < 1.29 is 31.5 Å². The van der Waals surface area contributed by atoms with Crippen molar-refractivity contribution in [3.05, 3.63) is 48.2 Å². The molecule has 2 aromatic carbocycles. The molecule has 1 amide bonds. The second-order valence-electron chi connectivity index (χ2n) is 15.7. The Morgan fingerprint density at radius 2 is 1.77 bits per heavy atom. The molecule has 6 heterocycles. The number of hydrogen-bond acceptors (Lipinski definition) is 8. The third-order valence-corrected chi connectivity index (χ3v) is 11.9. The van der Waals surface area contributed by atoms with E-state index in [9.17, 15) is 26.7 Å². The van der Waals surface area contributed by atoms with E-state index in [1.165, 1.54) is 6.08 Å². The van der Waals surface area contributed by atoms with Gasteiger partial charge in [-0.3, -0.25) is 14.8 Å². The molecule has 9 rings (SSSR count). The zero-order chi connectivity index (χ0) is 36.9. The number of carbonyl (C=O) groups excluding carboxylic acids is 1. The molecule has 0 radical (unpaired) electrons. The van der Waals surface area contributed by atoms with Crippen LogP contribution in [0.4, 0.5) is 33.7 Å². The lowest BCUT2D eigenvalue weighted by Gasteiger charge is -2.54. The SMILES string of the molecule is C=CC(=O)N1CC2(CCN(c3nc(N4CC[C@@H](N5CC(F)(F)C5)C4)nc4c(OCC(F)(F)F)c(-c5c(C)ccc6[nH]ncc56)c(C5CC5)cc34)CC2)C1. The van der Waals surface area contributed by atoms with Crippen LogP contribution in [0.2, 0.25) is 0 Å².